The third kappa shape index (κ3) is 7.52. The van der Waals surface area contributed by atoms with Crippen LogP contribution in [0.4, 0.5) is 0 Å². The Kier molecular flexibility index (Phi) is 7.81. The zero-order valence-corrected chi connectivity index (χ0v) is 13.2. The summed E-state index contributed by atoms with van der Waals surface area (Å²) in [6.45, 7) is 3.73. The summed E-state index contributed by atoms with van der Waals surface area (Å²) in [4.78, 5) is 34.3. The molecule has 1 atom stereocenters. The minimum atomic E-state index is -0.464. The van der Waals surface area contributed by atoms with E-state index in [0.29, 0.717) is 13.0 Å². The van der Waals surface area contributed by atoms with E-state index in [2.05, 4.69) is 10.6 Å². The van der Waals surface area contributed by atoms with Crippen molar-refractivity contribution >= 4 is 17.6 Å². The Morgan fingerprint density at radius 1 is 1.05 bits per heavy atom. The van der Waals surface area contributed by atoms with Gasteiger partial charge < -0.3 is 10.6 Å². The molecule has 0 aromatic carbocycles. The van der Waals surface area contributed by atoms with Crippen molar-refractivity contribution in [3.63, 3.8) is 0 Å². The second kappa shape index (κ2) is 9.65. The highest BCUT2D eigenvalue weighted by Gasteiger charge is 2.18. The largest absolute Gasteiger partial charge is 0.356 e. The number of hydrogen-bond acceptors (Lipinski definition) is 3. The molecule has 6 nitrogen and oxygen atoms in total. The molecule has 22 heavy (non-hydrogen) atoms. The average molecular weight is 306 g/mol. The molecule has 0 aliphatic carbocycles. The van der Waals surface area contributed by atoms with Gasteiger partial charge in [-0.05, 0) is 26.2 Å². The van der Waals surface area contributed by atoms with Crippen molar-refractivity contribution in [2.75, 3.05) is 6.54 Å². The first-order valence-corrected chi connectivity index (χ1v) is 7.47. The van der Waals surface area contributed by atoms with E-state index in [9.17, 15) is 14.4 Å². The van der Waals surface area contributed by atoms with Gasteiger partial charge in [0.25, 0.3) is 5.91 Å². The highest BCUT2D eigenvalue weighted by molar-refractivity contribution is 5.86. The zero-order chi connectivity index (χ0) is 16.4. The van der Waals surface area contributed by atoms with Gasteiger partial charge in [0.1, 0.15) is 0 Å². The standard InChI is InChI=1S/C16H23N3O3/c1-13(20)15(8-4-5-9-17-14(2)21)18-16(22)12-19-10-6-3-7-11-19/h3,6-7,10-11,15H,4-5,8-9,12H2,1-2H3,(H-,17,18,21,22)/p+1/t15-/m1/s1. The number of nitrogens with zero attached hydrogens (tertiary/aromatic N) is 1. The van der Waals surface area contributed by atoms with Gasteiger partial charge in [0.2, 0.25) is 12.5 Å². The molecule has 2 amide bonds. The molecule has 0 aliphatic heterocycles. The van der Waals surface area contributed by atoms with Crippen molar-refractivity contribution in [1.82, 2.24) is 10.6 Å². The van der Waals surface area contributed by atoms with Crippen LogP contribution in [0.15, 0.2) is 30.6 Å². The number of hydrogen-bond donors (Lipinski definition) is 2. The summed E-state index contributed by atoms with van der Waals surface area (Å²) in [5.41, 5.74) is 0. The smallest absolute Gasteiger partial charge is 0.286 e. The highest BCUT2D eigenvalue weighted by atomic mass is 16.2. The predicted octanol–water partition coefficient (Wildman–Crippen LogP) is 0.354. The Morgan fingerprint density at radius 2 is 1.73 bits per heavy atom. The molecule has 0 spiro atoms. The summed E-state index contributed by atoms with van der Waals surface area (Å²) in [6.07, 6.45) is 5.74. The van der Waals surface area contributed by atoms with Crippen molar-refractivity contribution in [2.45, 2.75) is 45.7 Å². The zero-order valence-electron chi connectivity index (χ0n) is 13.2. The molecule has 0 radical (unpaired) electrons. The van der Waals surface area contributed by atoms with Crippen LogP contribution in [0.1, 0.15) is 33.1 Å². The maximum absolute atomic E-state index is 12.0. The molecule has 0 bridgehead atoms. The maximum atomic E-state index is 12.0. The maximum Gasteiger partial charge on any atom is 0.286 e. The van der Waals surface area contributed by atoms with Crippen LogP contribution in [-0.2, 0) is 20.9 Å². The van der Waals surface area contributed by atoms with Gasteiger partial charge in [0.05, 0.1) is 6.04 Å². The molecule has 2 N–H and O–H groups in total. The van der Waals surface area contributed by atoms with Crippen LogP contribution in [0, 0.1) is 0 Å². The summed E-state index contributed by atoms with van der Waals surface area (Å²) in [7, 11) is 0. The van der Waals surface area contributed by atoms with Crippen LogP contribution in [0.3, 0.4) is 0 Å². The number of carbonyl (C=O) groups is 3. The summed E-state index contributed by atoms with van der Waals surface area (Å²) in [5.74, 6) is -0.291. The Hall–Kier alpha value is -2.24. The molecule has 0 unspecified atom stereocenters. The number of carbonyl (C=O) groups excluding carboxylic acids is 3. The van der Waals surface area contributed by atoms with Gasteiger partial charge in [0, 0.05) is 25.6 Å². The Morgan fingerprint density at radius 3 is 2.32 bits per heavy atom. The first kappa shape index (κ1) is 17.8. The molecule has 0 aliphatic rings. The number of rotatable bonds is 9. The lowest BCUT2D eigenvalue weighted by atomic mass is 10.1. The summed E-state index contributed by atoms with van der Waals surface area (Å²) in [6, 6.07) is 5.10. The molecular formula is C16H24N3O3+. The highest BCUT2D eigenvalue weighted by Crippen LogP contribution is 2.02. The molecule has 0 saturated carbocycles. The van der Waals surface area contributed by atoms with Crippen molar-refractivity contribution in [2.24, 2.45) is 0 Å². The quantitative estimate of drug-likeness (QED) is 0.510. The van der Waals surface area contributed by atoms with Gasteiger partial charge in [0.15, 0.2) is 18.2 Å². The number of Topliss-reactive ketones (excluding diaryl/α,β-unsaturated/α-hetero) is 1. The molecule has 1 rings (SSSR count). The summed E-state index contributed by atoms with van der Waals surface area (Å²) >= 11 is 0. The van der Waals surface area contributed by atoms with Crippen LogP contribution in [-0.4, -0.2) is 30.2 Å². The second-order valence-electron chi connectivity index (χ2n) is 5.26. The molecule has 0 fully saturated rings. The van der Waals surface area contributed by atoms with Crippen molar-refractivity contribution in [3.05, 3.63) is 30.6 Å². The normalized spacial score (nSPS) is 11.5. The van der Waals surface area contributed by atoms with E-state index in [1.165, 1.54) is 13.8 Å². The molecule has 6 heteroatoms. The Balaban J connectivity index is 2.35. The monoisotopic (exact) mass is 306 g/mol. The molecule has 1 aromatic rings. The van der Waals surface area contributed by atoms with Gasteiger partial charge in [-0.2, -0.15) is 4.57 Å². The van der Waals surface area contributed by atoms with Crippen molar-refractivity contribution in [3.8, 4) is 0 Å². The van der Waals surface area contributed by atoms with Crippen molar-refractivity contribution < 1.29 is 19.0 Å². The lowest BCUT2D eigenvalue weighted by molar-refractivity contribution is -0.684. The number of ketones is 1. The fourth-order valence-electron chi connectivity index (χ4n) is 2.06. The van der Waals surface area contributed by atoms with Gasteiger partial charge >= 0.3 is 0 Å². The minimum absolute atomic E-state index is 0.0501. The third-order valence-corrected chi connectivity index (χ3v) is 3.22. The van der Waals surface area contributed by atoms with Crippen LogP contribution in [0.25, 0.3) is 0 Å². The van der Waals surface area contributed by atoms with E-state index in [4.69, 9.17) is 0 Å². The van der Waals surface area contributed by atoms with E-state index in [1.807, 2.05) is 18.2 Å². The van der Waals surface area contributed by atoms with E-state index in [-0.39, 0.29) is 24.1 Å². The van der Waals surface area contributed by atoms with Crippen LogP contribution < -0.4 is 15.2 Å². The molecule has 120 valence electrons. The number of nitrogens with one attached hydrogen (secondary N) is 2. The first-order valence-electron chi connectivity index (χ1n) is 7.47. The topological polar surface area (TPSA) is 79.2 Å². The molecular weight excluding hydrogens is 282 g/mol. The first-order chi connectivity index (χ1) is 10.5. The van der Waals surface area contributed by atoms with Crippen molar-refractivity contribution in [1.29, 1.82) is 0 Å². The number of aromatic nitrogens is 1. The van der Waals surface area contributed by atoms with E-state index in [1.54, 1.807) is 17.0 Å². The SMILES string of the molecule is CC(=O)NCCCC[C@@H](NC(=O)C[n+]1ccccc1)C(C)=O. The fourth-order valence-corrected chi connectivity index (χ4v) is 2.06. The Bertz CT molecular complexity index is 503. The second-order valence-corrected chi connectivity index (χ2v) is 5.26. The number of pyridine rings is 1. The van der Waals surface area contributed by atoms with Crippen LogP contribution in [0.5, 0.6) is 0 Å². The van der Waals surface area contributed by atoms with Gasteiger partial charge in [-0.15, -0.1) is 0 Å². The van der Waals surface area contributed by atoms with Gasteiger partial charge in [-0.3, -0.25) is 14.4 Å². The van der Waals surface area contributed by atoms with E-state index < -0.39 is 6.04 Å². The van der Waals surface area contributed by atoms with Crippen LogP contribution >= 0.6 is 0 Å². The average Bonchev–Trinajstić information content (AvgIpc) is 2.46. The van der Waals surface area contributed by atoms with E-state index >= 15 is 0 Å². The number of amides is 2. The Labute approximate surface area is 130 Å². The minimum Gasteiger partial charge on any atom is -0.356 e. The molecule has 1 aromatic heterocycles. The summed E-state index contributed by atoms with van der Waals surface area (Å²) < 4.78 is 1.75. The third-order valence-electron chi connectivity index (χ3n) is 3.22. The predicted molar refractivity (Wildman–Crippen MR) is 81.8 cm³/mol. The lowest BCUT2D eigenvalue weighted by Crippen LogP contribution is -2.47. The van der Waals surface area contributed by atoms with Gasteiger partial charge in [-0.25, -0.2) is 0 Å². The molecule has 1 heterocycles. The van der Waals surface area contributed by atoms with E-state index in [0.717, 1.165) is 12.8 Å². The molecule has 0 saturated heterocycles. The fraction of sp³-hybridized carbons (Fsp3) is 0.500. The van der Waals surface area contributed by atoms with Crippen LogP contribution in [0.2, 0.25) is 0 Å². The summed E-state index contributed by atoms with van der Waals surface area (Å²) in [5, 5.41) is 5.48. The number of unbranched alkanes of at least 4 members (excludes halogenated alkanes) is 1. The lowest BCUT2D eigenvalue weighted by Gasteiger charge is -2.14. The van der Waals surface area contributed by atoms with Gasteiger partial charge in [-0.1, -0.05) is 6.07 Å².